The molecule has 1 aliphatic rings. The molecule has 10 nitrogen and oxygen atoms in total. The minimum Gasteiger partial charge on any atom is -0.461 e. The molecule has 45 heavy (non-hydrogen) atoms. The van der Waals surface area contributed by atoms with Gasteiger partial charge in [-0.3, -0.25) is 0 Å². The van der Waals surface area contributed by atoms with Gasteiger partial charge in [-0.15, -0.1) is 0 Å². The summed E-state index contributed by atoms with van der Waals surface area (Å²) in [6.45, 7) is -0.926. The molecule has 0 aliphatic carbocycles. The summed E-state index contributed by atoms with van der Waals surface area (Å²) in [5.41, 5.74) is 0.932. The van der Waals surface area contributed by atoms with Crippen LogP contribution in [0.1, 0.15) is 41.4 Å². The van der Waals surface area contributed by atoms with Crippen LogP contribution in [0.15, 0.2) is 121 Å². The Bertz CT molecular complexity index is 1580. The van der Waals surface area contributed by atoms with Crippen LogP contribution in [0.5, 0.6) is 0 Å². The van der Waals surface area contributed by atoms with Crippen molar-refractivity contribution in [2.24, 2.45) is 5.92 Å². The van der Waals surface area contributed by atoms with Crippen molar-refractivity contribution in [1.29, 1.82) is 0 Å². The third kappa shape index (κ3) is 7.99. The van der Waals surface area contributed by atoms with Gasteiger partial charge in [0.05, 0.1) is 28.2 Å². The fourth-order valence-corrected chi connectivity index (χ4v) is 4.72. The molecular weight excluding hydrogens is 580 g/mol. The summed E-state index contributed by atoms with van der Waals surface area (Å²) in [6.07, 6.45) is -5.77. The monoisotopic (exact) mass is 610 g/mol. The minimum atomic E-state index is -1.58. The lowest BCUT2D eigenvalue weighted by molar-refractivity contribution is -0.272. The lowest BCUT2D eigenvalue weighted by Gasteiger charge is -2.43. The first-order valence-electron chi connectivity index (χ1n) is 14.2. The number of rotatable bonds is 10. The van der Waals surface area contributed by atoms with Crippen LogP contribution in [-0.4, -0.2) is 66.8 Å². The van der Waals surface area contributed by atoms with Gasteiger partial charge in [0.15, 0.2) is 0 Å². The lowest BCUT2D eigenvalue weighted by Crippen LogP contribution is -2.59. The number of aliphatic hydroxyl groups excluding tert-OH is 1. The van der Waals surface area contributed by atoms with E-state index in [4.69, 9.17) is 23.7 Å². The van der Waals surface area contributed by atoms with Gasteiger partial charge in [0.1, 0.15) is 31.5 Å². The molecule has 230 valence electrons. The van der Waals surface area contributed by atoms with Crippen molar-refractivity contribution in [3.8, 4) is 0 Å². The Morgan fingerprint density at radius 2 is 0.911 bits per heavy atom. The molecule has 0 radical (unpaired) electrons. The maximum absolute atomic E-state index is 13.2. The van der Waals surface area contributed by atoms with E-state index in [0.717, 1.165) is 0 Å². The molecule has 0 saturated carbocycles. The highest BCUT2D eigenvalue weighted by molar-refractivity contribution is 5.91. The van der Waals surface area contributed by atoms with Crippen LogP contribution in [0, 0.1) is 5.92 Å². The van der Waals surface area contributed by atoms with Crippen molar-refractivity contribution in [2.45, 2.75) is 24.6 Å². The highest BCUT2D eigenvalue weighted by Crippen LogP contribution is 2.32. The van der Waals surface area contributed by atoms with Crippen LogP contribution in [0.4, 0.5) is 0 Å². The molecule has 5 rings (SSSR count). The molecule has 0 bridgehead atoms. The summed E-state index contributed by atoms with van der Waals surface area (Å²) in [5, 5.41) is 11.5. The molecular formula is C35H30O10. The van der Waals surface area contributed by atoms with Crippen LogP contribution in [0.3, 0.4) is 0 Å². The molecule has 4 aromatic carbocycles. The van der Waals surface area contributed by atoms with Crippen molar-refractivity contribution in [3.63, 3.8) is 0 Å². The van der Waals surface area contributed by atoms with Crippen LogP contribution < -0.4 is 0 Å². The predicted molar refractivity (Wildman–Crippen MR) is 159 cm³/mol. The minimum absolute atomic E-state index is 0.195. The summed E-state index contributed by atoms with van der Waals surface area (Å²) in [4.78, 5) is 51.9. The van der Waals surface area contributed by atoms with E-state index in [1.54, 1.807) is 97.1 Å². The molecule has 1 N–H and O–H groups in total. The van der Waals surface area contributed by atoms with E-state index in [1.165, 1.54) is 24.3 Å². The number of esters is 4. The second-order valence-electron chi connectivity index (χ2n) is 10.1. The molecule has 0 amide bonds. The van der Waals surface area contributed by atoms with Gasteiger partial charge in [-0.05, 0) is 48.5 Å². The van der Waals surface area contributed by atoms with E-state index < -0.39 is 67.6 Å². The first-order chi connectivity index (χ1) is 21.9. The maximum Gasteiger partial charge on any atom is 0.340 e. The van der Waals surface area contributed by atoms with E-state index in [0.29, 0.717) is 0 Å². The lowest BCUT2D eigenvalue weighted by atomic mass is 9.91. The van der Waals surface area contributed by atoms with Crippen molar-refractivity contribution in [1.82, 2.24) is 0 Å². The van der Waals surface area contributed by atoms with Crippen LogP contribution in [-0.2, 0) is 23.7 Å². The Labute approximate surface area is 259 Å². The fraction of sp³-hybridized carbons (Fsp3) is 0.200. The molecule has 0 aromatic heterocycles. The third-order valence-corrected chi connectivity index (χ3v) is 7.09. The van der Waals surface area contributed by atoms with Gasteiger partial charge < -0.3 is 28.8 Å². The van der Waals surface area contributed by atoms with Gasteiger partial charge in [-0.1, -0.05) is 72.8 Å². The van der Waals surface area contributed by atoms with Crippen molar-refractivity contribution in [3.05, 3.63) is 144 Å². The second-order valence-corrected chi connectivity index (χ2v) is 10.1. The zero-order chi connectivity index (χ0) is 31.6. The number of aliphatic hydroxyl groups is 1. The third-order valence-electron chi connectivity index (χ3n) is 7.09. The van der Waals surface area contributed by atoms with Gasteiger partial charge >= 0.3 is 23.9 Å². The number of carbonyl (C=O) groups is 4. The summed E-state index contributed by atoms with van der Waals surface area (Å²) in [5.74, 6) is -4.10. The first-order valence-corrected chi connectivity index (χ1v) is 14.2. The highest BCUT2D eigenvalue weighted by Gasteiger charge is 2.50. The van der Waals surface area contributed by atoms with Gasteiger partial charge in [0.2, 0.25) is 6.29 Å². The first kappa shape index (κ1) is 31.1. The average molecular weight is 611 g/mol. The van der Waals surface area contributed by atoms with E-state index in [-0.39, 0.29) is 22.3 Å². The number of carbonyl (C=O) groups excluding carboxylic acids is 4. The molecule has 1 fully saturated rings. The van der Waals surface area contributed by atoms with Gasteiger partial charge in [-0.2, -0.15) is 0 Å². The summed E-state index contributed by atoms with van der Waals surface area (Å²) < 4.78 is 28.5. The number of benzene rings is 4. The van der Waals surface area contributed by atoms with Crippen molar-refractivity contribution >= 4 is 23.9 Å². The Balaban J connectivity index is 1.43. The molecule has 10 heteroatoms. The Kier molecular flexibility index (Phi) is 10.3. The zero-order valence-electron chi connectivity index (χ0n) is 24.0. The van der Waals surface area contributed by atoms with Crippen LogP contribution in [0.2, 0.25) is 0 Å². The van der Waals surface area contributed by atoms with Gasteiger partial charge in [0, 0.05) is 0 Å². The normalized spacial score (nSPS) is 20.8. The number of hydrogen-bond acceptors (Lipinski definition) is 10. The molecule has 0 spiro atoms. The Morgan fingerprint density at radius 3 is 1.36 bits per heavy atom. The van der Waals surface area contributed by atoms with E-state index >= 15 is 0 Å². The molecule has 1 heterocycles. The smallest absolute Gasteiger partial charge is 0.340 e. The van der Waals surface area contributed by atoms with Crippen molar-refractivity contribution < 1.29 is 48.0 Å². The standard InChI is InChI=1S/C35H30O10/c36-29-28(22-42-32(38)24-15-7-2-8-16-24)43-35(45-34(40)26-19-11-4-12-20-26)27(21-41-31(37)23-13-5-1-6-14-23)30(29)44-33(39)25-17-9-3-10-18-25/h1-20,27-30,35-36H,21-22H2. The van der Waals surface area contributed by atoms with Gasteiger partial charge in [0.25, 0.3) is 0 Å². The predicted octanol–water partition coefficient (Wildman–Crippen LogP) is 4.49. The van der Waals surface area contributed by atoms with Crippen LogP contribution >= 0.6 is 0 Å². The fourth-order valence-electron chi connectivity index (χ4n) is 4.72. The second kappa shape index (κ2) is 14.9. The van der Waals surface area contributed by atoms with Crippen LogP contribution in [0.25, 0.3) is 0 Å². The van der Waals surface area contributed by atoms with E-state index in [2.05, 4.69) is 0 Å². The molecule has 1 saturated heterocycles. The molecule has 5 atom stereocenters. The van der Waals surface area contributed by atoms with E-state index in [9.17, 15) is 24.3 Å². The quantitative estimate of drug-likeness (QED) is 0.202. The Hall–Kier alpha value is -5.32. The molecule has 4 aromatic rings. The topological polar surface area (TPSA) is 135 Å². The summed E-state index contributed by atoms with van der Waals surface area (Å²) in [7, 11) is 0. The molecule has 1 aliphatic heterocycles. The van der Waals surface area contributed by atoms with Gasteiger partial charge in [-0.25, -0.2) is 19.2 Å². The SMILES string of the molecule is O=C(OCC1OC(OC(=O)c2ccccc2)C(COC(=O)c2ccccc2)C(OC(=O)c2ccccc2)C1O)c1ccccc1. The summed E-state index contributed by atoms with van der Waals surface area (Å²) in [6, 6.07) is 32.6. The zero-order valence-corrected chi connectivity index (χ0v) is 24.0. The van der Waals surface area contributed by atoms with E-state index in [1.807, 2.05) is 0 Å². The highest BCUT2D eigenvalue weighted by atomic mass is 16.7. The van der Waals surface area contributed by atoms with Crippen molar-refractivity contribution in [2.75, 3.05) is 13.2 Å². The Morgan fingerprint density at radius 1 is 0.533 bits per heavy atom. The number of ether oxygens (including phenoxy) is 5. The largest absolute Gasteiger partial charge is 0.461 e. The number of hydrogen-bond donors (Lipinski definition) is 1. The average Bonchev–Trinajstić information content (AvgIpc) is 3.09. The maximum atomic E-state index is 13.2. The summed E-state index contributed by atoms with van der Waals surface area (Å²) >= 11 is 0. The molecule has 5 unspecified atom stereocenters.